The molecule has 1 aromatic rings. The lowest BCUT2D eigenvalue weighted by Crippen LogP contribution is -2.23. The number of benzene rings is 1. The summed E-state index contributed by atoms with van der Waals surface area (Å²) < 4.78 is 10.5. The lowest BCUT2D eigenvalue weighted by molar-refractivity contribution is 0.0617. The molecule has 1 aromatic carbocycles. The molecule has 108 valence electrons. The normalized spacial score (nSPS) is 14.1. The number of ether oxygens (including phenoxy) is 2. The van der Waals surface area contributed by atoms with Crippen molar-refractivity contribution >= 4 is 5.69 Å². The molecule has 3 nitrogen and oxygen atoms in total. The molecule has 2 unspecified atom stereocenters. The van der Waals surface area contributed by atoms with Gasteiger partial charge in [0, 0.05) is 18.8 Å². The molecular formula is C16H27NO2. The number of nitrogens with one attached hydrogen (secondary N) is 1. The van der Waals surface area contributed by atoms with E-state index in [4.69, 9.17) is 9.47 Å². The minimum absolute atomic E-state index is 0.481. The standard InChI is InChI=1S/C16H27NO2/c1-5-13(2)14(3)17-16-8-6-7-15(11-16)12-19-10-9-18-4/h6-8,11,13-14,17H,5,9-10,12H2,1-4H3. The third kappa shape index (κ3) is 6.08. The van der Waals surface area contributed by atoms with Crippen LogP contribution in [0.2, 0.25) is 0 Å². The van der Waals surface area contributed by atoms with Gasteiger partial charge in [0.15, 0.2) is 0 Å². The predicted molar refractivity (Wildman–Crippen MR) is 80.5 cm³/mol. The van der Waals surface area contributed by atoms with Crippen LogP contribution in [0.15, 0.2) is 24.3 Å². The number of anilines is 1. The smallest absolute Gasteiger partial charge is 0.0718 e. The summed E-state index contributed by atoms with van der Waals surface area (Å²) in [6.45, 7) is 8.64. The molecule has 0 bridgehead atoms. The van der Waals surface area contributed by atoms with Gasteiger partial charge in [0.1, 0.15) is 0 Å². The fourth-order valence-electron chi connectivity index (χ4n) is 1.84. The topological polar surface area (TPSA) is 30.5 Å². The van der Waals surface area contributed by atoms with E-state index in [0.29, 0.717) is 31.8 Å². The Balaban J connectivity index is 2.47. The summed E-state index contributed by atoms with van der Waals surface area (Å²) in [5.74, 6) is 0.668. The molecule has 0 spiro atoms. The Labute approximate surface area is 117 Å². The second-order valence-electron chi connectivity index (χ2n) is 5.06. The van der Waals surface area contributed by atoms with Crippen molar-refractivity contribution in [3.8, 4) is 0 Å². The predicted octanol–water partition coefficient (Wildman–Crippen LogP) is 3.70. The van der Waals surface area contributed by atoms with Crippen LogP contribution in [0.3, 0.4) is 0 Å². The largest absolute Gasteiger partial charge is 0.382 e. The summed E-state index contributed by atoms with van der Waals surface area (Å²) >= 11 is 0. The van der Waals surface area contributed by atoms with E-state index in [9.17, 15) is 0 Å². The fourth-order valence-corrected chi connectivity index (χ4v) is 1.84. The first-order valence-corrected chi connectivity index (χ1v) is 7.09. The van der Waals surface area contributed by atoms with Crippen molar-refractivity contribution in [3.63, 3.8) is 0 Å². The van der Waals surface area contributed by atoms with Crippen molar-refractivity contribution in [2.45, 2.75) is 39.8 Å². The van der Waals surface area contributed by atoms with Gasteiger partial charge in [-0.05, 0) is 30.5 Å². The Kier molecular flexibility index (Phi) is 7.53. The summed E-state index contributed by atoms with van der Waals surface area (Å²) in [5.41, 5.74) is 2.36. The number of hydrogen-bond acceptors (Lipinski definition) is 3. The fraction of sp³-hybridized carbons (Fsp3) is 0.625. The maximum atomic E-state index is 5.54. The number of rotatable bonds is 9. The first kappa shape index (κ1) is 16.0. The van der Waals surface area contributed by atoms with Crippen molar-refractivity contribution in [3.05, 3.63) is 29.8 Å². The molecule has 2 atom stereocenters. The van der Waals surface area contributed by atoms with E-state index in [1.165, 1.54) is 17.7 Å². The van der Waals surface area contributed by atoms with Gasteiger partial charge in [-0.3, -0.25) is 0 Å². The van der Waals surface area contributed by atoms with Crippen LogP contribution in [0.1, 0.15) is 32.8 Å². The molecule has 0 aromatic heterocycles. The van der Waals surface area contributed by atoms with Crippen LogP contribution in [0.4, 0.5) is 5.69 Å². The van der Waals surface area contributed by atoms with Crippen molar-refractivity contribution in [2.24, 2.45) is 5.92 Å². The van der Waals surface area contributed by atoms with E-state index in [0.717, 1.165) is 0 Å². The third-order valence-corrected chi connectivity index (χ3v) is 3.52. The summed E-state index contributed by atoms with van der Waals surface area (Å²) in [4.78, 5) is 0. The summed E-state index contributed by atoms with van der Waals surface area (Å²) in [7, 11) is 1.68. The molecule has 1 N–H and O–H groups in total. The first-order valence-electron chi connectivity index (χ1n) is 7.09. The van der Waals surface area contributed by atoms with Crippen LogP contribution in [0.5, 0.6) is 0 Å². The molecule has 0 saturated heterocycles. The van der Waals surface area contributed by atoms with E-state index in [1.807, 2.05) is 0 Å². The maximum Gasteiger partial charge on any atom is 0.0718 e. The minimum Gasteiger partial charge on any atom is -0.382 e. The van der Waals surface area contributed by atoms with Crippen LogP contribution < -0.4 is 5.32 Å². The highest BCUT2D eigenvalue weighted by Gasteiger charge is 2.09. The molecule has 0 radical (unpaired) electrons. The Hall–Kier alpha value is -1.06. The molecule has 19 heavy (non-hydrogen) atoms. The first-order chi connectivity index (χ1) is 9.17. The van der Waals surface area contributed by atoms with Crippen molar-refractivity contribution in [2.75, 3.05) is 25.6 Å². The molecule has 3 heteroatoms. The third-order valence-electron chi connectivity index (χ3n) is 3.52. The molecule has 0 fully saturated rings. The van der Waals surface area contributed by atoms with Gasteiger partial charge in [-0.25, -0.2) is 0 Å². The average Bonchev–Trinajstić information content (AvgIpc) is 2.43. The van der Waals surface area contributed by atoms with Crippen LogP contribution in [0, 0.1) is 5.92 Å². The van der Waals surface area contributed by atoms with Gasteiger partial charge in [0.05, 0.1) is 19.8 Å². The van der Waals surface area contributed by atoms with Gasteiger partial charge in [-0.2, -0.15) is 0 Å². The van der Waals surface area contributed by atoms with Crippen molar-refractivity contribution < 1.29 is 9.47 Å². The number of hydrogen-bond donors (Lipinski definition) is 1. The Bertz CT molecular complexity index is 354. The van der Waals surface area contributed by atoms with E-state index in [2.05, 4.69) is 50.4 Å². The van der Waals surface area contributed by atoms with Gasteiger partial charge in [-0.1, -0.05) is 32.4 Å². The van der Waals surface area contributed by atoms with E-state index in [1.54, 1.807) is 7.11 Å². The highest BCUT2D eigenvalue weighted by atomic mass is 16.5. The van der Waals surface area contributed by atoms with Crippen LogP contribution in [-0.2, 0) is 16.1 Å². The van der Waals surface area contributed by atoms with Crippen LogP contribution in [-0.4, -0.2) is 26.4 Å². The van der Waals surface area contributed by atoms with Gasteiger partial charge in [-0.15, -0.1) is 0 Å². The van der Waals surface area contributed by atoms with Gasteiger partial charge < -0.3 is 14.8 Å². The average molecular weight is 265 g/mol. The van der Waals surface area contributed by atoms with Gasteiger partial charge in [0.25, 0.3) is 0 Å². The molecule has 1 rings (SSSR count). The second kappa shape index (κ2) is 8.94. The molecule has 0 aliphatic carbocycles. The molecule has 0 amide bonds. The number of methoxy groups -OCH3 is 1. The minimum atomic E-state index is 0.481. The molecular weight excluding hydrogens is 238 g/mol. The second-order valence-corrected chi connectivity index (χ2v) is 5.06. The van der Waals surface area contributed by atoms with E-state index >= 15 is 0 Å². The maximum absolute atomic E-state index is 5.54. The lowest BCUT2D eigenvalue weighted by atomic mass is 10.0. The van der Waals surface area contributed by atoms with Crippen molar-refractivity contribution in [1.29, 1.82) is 0 Å². The Morgan fingerprint density at radius 3 is 2.68 bits per heavy atom. The zero-order chi connectivity index (χ0) is 14.1. The summed E-state index contributed by atoms with van der Waals surface area (Å²) in [6, 6.07) is 8.91. The molecule has 0 heterocycles. The summed E-state index contributed by atoms with van der Waals surface area (Å²) in [6.07, 6.45) is 1.19. The monoisotopic (exact) mass is 265 g/mol. The van der Waals surface area contributed by atoms with E-state index in [-0.39, 0.29) is 0 Å². The zero-order valence-electron chi connectivity index (χ0n) is 12.6. The molecule has 0 aliphatic heterocycles. The van der Waals surface area contributed by atoms with Crippen molar-refractivity contribution in [1.82, 2.24) is 0 Å². The molecule has 0 aliphatic rings. The highest BCUT2D eigenvalue weighted by molar-refractivity contribution is 5.46. The van der Waals surface area contributed by atoms with Gasteiger partial charge in [0.2, 0.25) is 0 Å². The zero-order valence-corrected chi connectivity index (χ0v) is 12.6. The summed E-state index contributed by atoms with van der Waals surface area (Å²) in [5, 5.41) is 3.55. The van der Waals surface area contributed by atoms with E-state index < -0.39 is 0 Å². The molecule has 0 saturated carbocycles. The van der Waals surface area contributed by atoms with Gasteiger partial charge >= 0.3 is 0 Å². The SMILES string of the molecule is CCC(C)C(C)Nc1cccc(COCCOC)c1. The highest BCUT2D eigenvalue weighted by Crippen LogP contribution is 2.16. The Morgan fingerprint density at radius 1 is 1.21 bits per heavy atom. The van der Waals surface area contributed by atoms with Crippen LogP contribution >= 0.6 is 0 Å². The lowest BCUT2D eigenvalue weighted by Gasteiger charge is -2.21. The quantitative estimate of drug-likeness (QED) is 0.691. The Morgan fingerprint density at radius 2 is 2.00 bits per heavy atom. The van der Waals surface area contributed by atoms with Crippen LogP contribution in [0.25, 0.3) is 0 Å².